The molecular weight excluding hydrogens is 280 g/mol. The van der Waals surface area contributed by atoms with Crippen LogP contribution in [0.3, 0.4) is 0 Å². The summed E-state index contributed by atoms with van der Waals surface area (Å²) < 4.78 is 0. The molecule has 1 aromatic carbocycles. The average molecular weight is 287 g/mol. The number of benzene rings is 1. The van der Waals surface area contributed by atoms with Gasteiger partial charge in [-0.05, 0) is 24.3 Å². The van der Waals surface area contributed by atoms with Crippen molar-refractivity contribution in [2.45, 2.75) is 0 Å². The van der Waals surface area contributed by atoms with E-state index in [2.05, 4.69) is 4.98 Å². The third kappa shape index (κ3) is 2.44. The van der Waals surface area contributed by atoms with E-state index in [1.54, 1.807) is 24.3 Å². The van der Waals surface area contributed by atoms with E-state index < -0.39 is 0 Å². The van der Waals surface area contributed by atoms with Crippen LogP contribution in [0.4, 0.5) is 0 Å². The zero-order valence-electron chi connectivity index (χ0n) is 8.45. The van der Waals surface area contributed by atoms with E-state index >= 15 is 0 Å². The molecule has 2 nitrogen and oxygen atoms in total. The van der Waals surface area contributed by atoms with E-state index in [0.717, 1.165) is 6.29 Å². The van der Waals surface area contributed by atoms with Gasteiger partial charge >= 0.3 is 0 Å². The third-order valence-corrected chi connectivity index (χ3v) is 3.34. The highest BCUT2D eigenvalue weighted by Gasteiger charge is 2.13. The molecule has 0 saturated carbocycles. The van der Waals surface area contributed by atoms with Crippen LogP contribution in [0.15, 0.2) is 30.5 Å². The normalized spacial score (nSPS) is 10.3. The maximum absolute atomic E-state index is 10.7. The Balaban J connectivity index is 2.67. The minimum atomic E-state index is 0.328. The molecule has 17 heavy (non-hydrogen) atoms. The number of aldehydes is 1. The lowest BCUT2D eigenvalue weighted by atomic mass is 10.1. The van der Waals surface area contributed by atoms with Gasteiger partial charge in [-0.15, -0.1) is 0 Å². The van der Waals surface area contributed by atoms with Crippen molar-refractivity contribution in [1.29, 1.82) is 0 Å². The first-order valence-electron chi connectivity index (χ1n) is 4.68. The Bertz CT molecular complexity index is 584. The standard InChI is InChI=1S/C12H6Cl3NO/c13-8-1-2-9(14)12(15)11(8)10-5-7(6-17)3-4-16-10/h1-6H. The van der Waals surface area contributed by atoms with Crippen molar-refractivity contribution in [2.75, 3.05) is 0 Å². The van der Waals surface area contributed by atoms with Crippen molar-refractivity contribution in [3.8, 4) is 11.3 Å². The third-order valence-electron chi connectivity index (χ3n) is 2.22. The van der Waals surface area contributed by atoms with Gasteiger partial charge in [0, 0.05) is 17.3 Å². The zero-order chi connectivity index (χ0) is 12.4. The van der Waals surface area contributed by atoms with E-state index in [9.17, 15) is 4.79 Å². The molecule has 86 valence electrons. The highest BCUT2D eigenvalue weighted by molar-refractivity contribution is 6.46. The van der Waals surface area contributed by atoms with E-state index in [0.29, 0.717) is 31.9 Å². The van der Waals surface area contributed by atoms with E-state index in [1.165, 1.54) is 6.20 Å². The first-order valence-corrected chi connectivity index (χ1v) is 5.82. The molecule has 0 spiro atoms. The van der Waals surface area contributed by atoms with Crippen LogP contribution < -0.4 is 0 Å². The highest BCUT2D eigenvalue weighted by atomic mass is 35.5. The van der Waals surface area contributed by atoms with Gasteiger partial charge in [0.2, 0.25) is 0 Å². The fourth-order valence-electron chi connectivity index (χ4n) is 1.42. The second-order valence-electron chi connectivity index (χ2n) is 3.31. The van der Waals surface area contributed by atoms with Crippen LogP contribution in [0.5, 0.6) is 0 Å². The van der Waals surface area contributed by atoms with E-state index in [4.69, 9.17) is 34.8 Å². The lowest BCUT2D eigenvalue weighted by Crippen LogP contribution is -1.89. The number of pyridine rings is 1. The van der Waals surface area contributed by atoms with Crippen LogP contribution in [-0.4, -0.2) is 11.3 Å². The number of carbonyl (C=O) groups excluding carboxylic acids is 1. The Morgan fingerprint density at radius 1 is 1.06 bits per heavy atom. The molecular formula is C12H6Cl3NO. The van der Waals surface area contributed by atoms with Gasteiger partial charge in [-0.1, -0.05) is 34.8 Å². The highest BCUT2D eigenvalue weighted by Crippen LogP contribution is 2.38. The summed E-state index contributed by atoms with van der Waals surface area (Å²) in [6.45, 7) is 0. The lowest BCUT2D eigenvalue weighted by Gasteiger charge is -2.08. The Hall–Kier alpha value is -1.09. The molecule has 0 aliphatic heterocycles. The number of hydrogen-bond donors (Lipinski definition) is 0. The largest absolute Gasteiger partial charge is 0.298 e. The van der Waals surface area contributed by atoms with Crippen LogP contribution in [0.1, 0.15) is 10.4 Å². The number of nitrogens with zero attached hydrogens (tertiary/aromatic N) is 1. The molecule has 0 aliphatic rings. The van der Waals surface area contributed by atoms with Crippen molar-refractivity contribution in [2.24, 2.45) is 0 Å². The van der Waals surface area contributed by atoms with Gasteiger partial charge in [0.05, 0.1) is 20.8 Å². The van der Waals surface area contributed by atoms with Crippen LogP contribution in [-0.2, 0) is 0 Å². The molecule has 5 heteroatoms. The lowest BCUT2D eigenvalue weighted by molar-refractivity contribution is 0.112. The molecule has 0 atom stereocenters. The second kappa shape index (κ2) is 5.05. The van der Waals surface area contributed by atoms with Gasteiger partial charge in [0.25, 0.3) is 0 Å². The molecule has 0 N–H and O–H groups in total. The first kappa shape index (κ1) is 12.4. The van der Waals surface area contributed by atoms with Gasteiger partial charge in [0.15, 0.2) is 0 Å². The predicted molar refractivity (Wildman–Crippen MR) is 70.1 cm³/mol. The van der Waals surface area contributed by atoms with Gasteiger partial charge in [0.1, 0.15) is 6.29 Å². The Kier molecular flexibility index (Phi) is 3.67. The molecule has 1 heterocycles. The van der Waals surface area contributed by atoms with Crippen molar-refractivity contribution in [3.63, 3.8) is 0 Å². The van der Waals surface area contributed by atoms with Crippen LogP contribution in [0.25, 0.3) is 11.3 Å². The predicted octanol–water partition coefficient (Wildman–Crippen LogP) is 4.52. The minimum absolute atomic E-state index is 0.328. The number of aromatic nitrogens is 1. The van der Waals surface area contributed by atoms with Crippen molar-refractivity contribution in [1.82, 2.24) is 4.98 Å². The molecule has 1 aromatic heterocycles. The summed E-state index contributed by atoms with van der Waals surface area (Å²) in [7, 11) is 0. The second-order valence-corrected chi connectivity index (χ2v) is 4.50. The van der Waals surface area contributed by atoms with E-state index in [-0.39, 0.29) is 0 Å². The number of carbonyl (C=O) groups is 1. The van der Waals surface area contributed by atoms with E-state index in [1.807, 2.05) is 0 Å². The maximum Gasteiger partial charge on any atom is 0.150 e. The molecule has 2 rings (SSSR count). The molecule has 0 saturated heterocycles. The zero-order valence-corrected chi connectivity index (χ0v) is 10.7. The molecule has 0 bridgehead atoms. The SMILES string of the molecule is O=Cc1ccnc(-c2c(Cl)ccc(Cl)c2Cl)c1. The molecule has 0 radical (unpaired) electrons. The Labute approximate surface area is 113 Å². The molecule has 2 aromatic rings. The summed E-state index contributed by atoms with van der Waals surface area (Å²) in [4.78, 5) is 14.8. The first-order chi connectivity index (χ1) is 8.13. The van der Waals surface area contributed by atoms with Gasteiger partial charge in [-0.3, -0.25) is 9.78 Å². The average Bonchev–Trinajstić information content (AvgIpc) is 2.35. The summed E-state index contributed by atoms with van der Waals surface area (Å²) in [5.41, 5.74) is 1.55. The van der Waals surface area contributed by atoms with Crippen LogP contribution >= 0.6 is 34.8 Å². The smallest absolute Gasteiger partial charge is 0.150 e. The fraction of sp³-hybridized carbons (Fsp3) is 0. The van der Waals surface area contributed by atoms with Crippen molar-refractivity contribution < 1.29 is 4.79 Å². The van der Waals surface area contributed by atoms with Gasteiger partial charge < -0.3 is 0 Å². The summed E-state index contributed by atoms with van der Waals surface area (Å²) in [6.07, 6.45) is 2.25. The number of hydrogen-bond acceptors (Lipinski definition) is 2. The van der Waals surface area contributed by atoms with Gasteiger partial charge in [-0.25, -0.2) is 0 Å². The molecule has 0 fully saturated rings. The maximum atomic E-state index is 10.7. The topological polar surface area (TPSA) is 30.0 Å². The van der Waals surface area contributed by atoms with Crippen molar-refractivity contribution >= 4 is 41.1 Å². The van der Waals surface area contributed by atoms with Crippen LogP contribution in [0, 0.1) is 0 Å². The Morgan fingerprint density at radius 3 is 2.47 bits per heavy atom. The minimum Gasteiger partial charge on any atom is -0.298 e. The summed E-state index contributed by atoms with van der Waals surface area (Å²) in [5.74, 6) is 0. The molecule has 0 amide bonds. The van der Waals surface area contributed by atoms with Crippen LogP contribution in [0.2, 0.25) is 15.1 Å². The molecule has 0 unspecified atom stereocenters. The Morgan fingerprint density at radius 2 is 1.76 bits per heavy atom. The number of halogens is 3. The van der Waals surface area contributed by atoms with Gasteiger partial charge in [-0.2, -0.15) is 0 Å². The quantitative estimate of drug-likeness (QED) is 0.600. The van der Waals surface area contributed by atoms with Crippen molar-refractivity contribution in [3.05, 3.63) is 51.1 Å². The summed E-state index contributed by atoms with van der Waals surface area (Å²) in [6, 6.07) is 6.46. The summed E-state index contributed by atoms with van der Waals surface area (Å²) in [5, 5.41) is 1.16. The monoisotopic (exact) mass is 285 g/mol. The number of rotatable bonds is 2. The fourth-order valence-corrected chi connectivity index (χ4v) is 2.14. The summed E-state index contributed by atoms with van der Waals surface area (Å²) >= 11 is 18.1. The molecule has 0 aliphatic carbocycles.